The Hall–Kier alpha value is 0.160. The number of hydrogen-bond acceptors (Lipinski definition) is 3. The largest absolute Gasteiger partial charge is 0.380 e. The average molecular weight is 258 g/mol. The van der Waals surface area contributed by atoms with Crippen LogP contribution in [0, 0.1) is 0 Å². The van der Waals surface area contributed by atoms with Crippen LogP contribution in [-0.4, -0.2) is 51.2 Å². The number of likely N-dealkylation sites (N-methyl/N-ethyl adjacent to an activating group) is 1. The van der Waals surface area contributed by atoms with Gasteiger partial charge in [0.2, 0.25) is 10.0 Å². The first-order valence-corrected chi connectivity index (χ1v) is 7.26. The maximum atomic E-state index is 11.6. The Labute approximate surface area is 97.6 Å². The highest BCUT2D eigenvalue weighted by atomic mass is 35.5. The van der Waals surface area contributed by atoms with Crippen LogP contribution in [0.4, 0.5) is 0 Å². The smallest absolute Gasteiger partial charge is 0.213 e. The molecule has 0 aliphatic rings. The molecule has 0 radical (unpaired) electrons. The lowest BCUT2D eigenvalue weighted by molar-refractivity contribution is 0.138. The van der Waals surface area contributed by atoms with Gasteiger partial charge >= 0.3 is 0 Å². The zero-order chi connectivity index (χ0) is 11.7. The molecule has 4 nitrogen and oxygen atoms in total. The molecule has 0 saturated heterocycles. The number of unbranched alkanes of at least 4 members (excludes halogenated alkanes) is 1. The van der Waals surface area contributed by atoms with Crippen molar-refractivity contribution in [2.24, 2.45) is 0 Å². The first kappa shape index (κ1) is 15.2. The number of nitrogens with zero attached hydrogens (tertiary/aromatic N) is 1. The van der Waals surface area contributed by atoms with E-state index < -0.39 is 10.0 Å². The summed E-state index contributed by atoms with van der Waals surface area (Å²) in [6.07, 6.45) is 1.35. The third-order valence-electron chi connectivity index (χ3n) is 2.02. The van der Waals surface area contributed by atoms with Crippen LogP contribution in [0.5, 0.6) is 0 Å². The zero-order valence-electron chi connectivity index (χ0n) is 9.41. The summed E-state index contributed by atoms with van der Waals surface area (Å²) in [7, 11) is -1.54. The number of ether oxygens (including phenoxy) is 1. The highest BCUT2D eigenvalue weighted by molar-refractivity contribution is 7.89. The number of sulfonamides is 1. The number of rotatable bonds is 9. The number of hydrogen-bond donors (Lipinski definition) is 0. The third-order valence-corrected chi connectivity index (χ3v) is 4.22. The summed E-state index contributed by atoms with van der Waals surface area (Å²) in [4.78, 5) is 0. The van der Waals surface area contributed by atoms with Gasteiger partial charge in [0, 0.05) is 26.1 Å². The van der Waals surface area contributed by atoms with E-state index in [1.54, 1.807) is 7.05 Å². The number of alkyl halides is 1. The van der Waals surface area contributed by atoms with E-state index in [9.17, 15) is 8.42 Å². The molecule has 0 rings (SSSR count). The van der Waals surface area contributed by atoms with Crippen molar-refractivity contribution in [3.05, 3.63) is 0 Å². The second-order valence-electron chi connectivity index (χ2n) is 3.23. The van der Waals surface area contributed by atoms with Gasteiger partial charge in [0.15, 0.2) is 0 Å². The normalized spacial score (nSPS) is 12.3. The van der Waals surface area contributed by atoms with Crippen molar-refractivity contribution in [2.75, 3.05) is 38.4 Å². The Morgan fingerprint density at radius 3 is 2.53 bits per heavy atom. The predicted octanol–water partition coefficient (Wildman–Crippen LogP) is 1.30. The van der Waals surface area contributed by atoms with Crippen molar-refractivity contribution in [1.82, 2.24) is 4.31 Å². The highest BCUT2D eigenvalue weighted by Gasteiger charge is 2.16. The molecule has 0 aromatic rings. The molecule has 0 saturated carbocycles. The second kappa shape index (κ2) is 8.33. The molecule has 0 heterocycles. The van der Waals surface area contributed by atoms with Gasteiger partial charge in [0.25, 0.3) is 0 Å². The number of halogens is 1. The lowest BCUT2D eigenvalue weighted by Gasteiger charge is -2.16. The van der Waals surface area contributed by atoms with Crippen molar-refractivity contribution in [1.29, 1.82) is 0 Å². The van der Waals surface area contributed by atoms with Gasteiger partial charge in [-0.25, -0.2) is 12.7 Å². The highest BCUT2D eigenvalue weighted by Crippen LogP contribution is 2.03. The summed E-state index contributed by atoms with van der Waals surface area (Å²) >= 11 is 5.48. The summed E-state index contributed by atoms with van der Waals surface area (Å²) in [5, 5.41) is 0. The fraction of sp³-hybridized carbons (Fsp3) is 1.00. The van der Waals surface area contributed by atoms with Gasteiger partial charge in [-0.05, 0) is 19.8 Å². The van der Waals surface area contributed by atoms with E-state index in [4.69, 9.17) is 16.3 Å². The first-order valence-electron chi connectivity index (χ1n) is 5.12. The standard InChI is InChI=1S/C9H20ClNO3S/c1-3-14-8-7-11(2)15(12,13)9-5-4-6-10/h3-9H2,1-2H3. The fourth-order valence-electron chi connectivity index (χ4n) is 1.01. The maximum absolute atomic E-state index is 11.6. The molecule has 0 N–H and O–H groups in total. The Bertz CT molecular complexity index is 244. The molecule has 92 valence electrons. The van der Waals surface area contributed by atoms with Gasteiger partial charge in [-0.2, -0.15) is 0 Å². The van der Waals surface area contributed by atoms with Crippen molar-refractivity contribution in [3.8, 4) is 0 Å². The van der Waals surface area contributed by atoms with Gasteiger partial charge in [0.05, 0.1) is 12.4 Å². The summed E-state index contributed by atoms with van der Waals surface area (Å²) in [5.74, 6) is 0.681. The molecule has 15 heavy (non-hydrogen) atoms. The SMILES string of the molecule is CCOCCN(C)S(=O)(=O)CCCCCl. The first-order chi connectivity index (χ1) is 7.04. The summed E-state index contributed by atoms with van der Waals surface area (Å²) in [6, 6.07) is 0. The second-order valence-corrected chi connectivity index (χ2v) is 5.80. The molecule has 0 bridgehead atoms. The van der Waals surface area contributed by atoms with Crippen LogP contribution in [0.15, 0.2) is 0 Å². The van der Waals surface area contributed by atoms with E-state index >= 15 is 0 Å². The van der Waals surface area contributed by atoms with E-state index in [0.717, 1.165) is 6.42 Å². The Kier molecular flexibility index (Phi) is 8.42. The molecule has 0 spiro atoms. The van der Waals surface area contributed by atoms with E-state index in [1.807, 2.05) is 6.92 Å². The molecule has 0 aromatic carbocycles. The fourth-order valence-corrected chi connectivity index (χ4v) is 2.43. The molecule has 0 atom stereocenters. The molecular formula is C9H20ClNO3S. The van der Waals surface area contributed by atoms with Gasteiger partial charge in [0.1, 0.15) is 0 Å². The molecule has 0 aliphatic carbocycles. The molecule has 0 amide bonds. The molecule has 0 unspecified atom stereocenters. The van der Waals surface area contributed by atoms with Crippen LogP contribution in [0.3, 0.4) is 0 Å². The van der Waals surface area contributed by atoms with Crippen molar-refractivity contribution < 1.29 is 13.2 Å². The molecule has 0 aromatic heterocycles. The zero-order valence-corrected chi connectivity index (χ0v) is 11.0. The van der Waals surface area contributed by atoms with Crippen LogP contribution in [0.1, 0.15) is 19.8 Å². The monoisotopic (exact) mass is 257 g/mol. The summed E-state index contributed by atoms with van der Waals surface area (Å²) < 4.78 is 29.7. The molecule has 6 heteroatoms. The van der Waals surface area contributed by atoms with E-state index in [2.05, 4.69) is 0 Å². The van der Waals surface area contributed by atoms with Crippen LogP contribution >= 0.6 is 11.6 Å². The molecular weight excluding hydrogens is 238 g/mol. The van der Waals surface area contributed by atoms with Gasteiger partial charge in [-0.1, -0.05) is 0 Å². The quantitative estimate of drug-likeness (QED) is 0.462. The topological polar surface area (TPSA) is 46.6 Å². The summed E-state index contributed by atoms with van der Waals surface area (Å²) in [6.45, 7) is 3.36. The van der Waals surface area contributed by atoms with Gasteiger partial charge in [-0.3, -0.25) is 0 Å². The van der Waals surface area contributed by atoms with Crippen LogP contribution in [-0.2, 0) is 14.8 Å². The Morgan fingerprint density at radius 1 is 1.33 bits per heavy atom. The maximum Gasteiger partial charge on any atom is 0.213 e. The van der Waals surface area contributed by atoms with Crippen LogP contribution in [0.2, 0.25) is 0 Å². The van der Waals surface area contributed by atoms with Crippen molar-refractivity contribution in [2.45, 2.75) is 19.8 Å². The minimum absolute atomic E-state index is 0.169. The third kappa shape index (κ3) is 7.11. The summed E-state index contributed by atoms with van der Waals surface area (Å²) in [5.41, 5.74) is 0. The van der Waals surface area contributed by atoms with E-state index in [-0.39, 0.29) is 5.75 Å². The lowest BCUT2D eigenvalue weighted by Crippen LogP contribution is -2.32. The van der Waals surface area contributed by atoms with Gasteiger partial charge < -0.3 is 4.74 Å². The Balaban J connectivity index is 3.86. The minimum Gasteiger partial charge on any atom is -0.380 e. The van der Waals surface area contributed by atoms with Gasteiger partial charge in [-0.15, -0.1) is 11.6 Å². The predicted molar refractivity (Wildman–Crippen MR) is 62.9 cm³/mol. The van der Waals surface area contributed by atoms with Crippen LogP contribution < -0.4 is 0 Å². The lowest BCUT2D eigenvalue weighted by atomic mass is 10.4. The molecule has 0 fully saturated rings. The Morgan fingerprint density at radius 2 is 2.00 bits per heavy atom. The van der Waals surface area contributed by atoms with Crippen molar-refractivity contribution in [3.63, 3.8) is 0 Å². The molecule has 0 aliphatic heterocycles. The van der Waals surface area contributed by atoms with Crippen LogP contribution in [0.25, 0.3) is 0 Å². The van der Waals surface area contributed by atoms with E-state index in [1.165, 1.54) is 4.31 Å². The van der Waals surface area contributed by atoms with E-state index in [0.29, 0.717) is 32.1 Å². The minimum atomic E-state index is -3.12. The average Bonchev–Trinajstić information content (AvgIpc) is 2.18. The van der Waals surface area contributed by atoms with Crippen molar-refractivity contribution >= 4 is 21.6 Å².